The molecule has 0 atom stereocenters. The molecule has 23 heavy (non-hydrogen) atoms. The zero-order valence-electron chi connectivity index (χ0n) is 13.9. The van der Waals surface area contributed by atoms with E-state index in [9.17, 15) is 4.79 Å². The quantitative estimate of drug-likeness (QED) is 0.927. The van der Waals surface area contributed by atoms with Gasteiger partial charge in [-0.25, -0.2) is 4.79 Å². The number of piperidine rings is 1. The molecule has 1 N–H and O–H groups in total. The van der Waals surface area contributed by atoms with Crippen molar-refractivity contribution in [3.8, 4) is 0 Å². The van der Waals surface area contributed by atoms with Gasteiger partial charge in [-0.1, -0.05) is 0 Å². The maximum Gasteiger partial charge on any atom is 0.321 e. The summed E-state index contributed by atoms with van der Waals surface area (Å²) in [7, 11) is 1.93. The van der Waals surface area contributed by atoms with E-state index in [1.807, 2.05) is 48.8 Å². The molecule has 2 aromatic rings. The van der Waals surface area contributed by atoms with Gasteiger partial charge in [-0.15, -0.1) is 0 Å². The van der Waals surface area contributed by atoms with E-state index in [0.29, 0.717) is 5.92 Å². The summed E-state index contributed by atoms with van der Waals surface area (Å²) in [6, 6.07) is 3.79. The third-order valence-corrected chi connectivity index (χ3v) is 4.45. The second-order valence-electron chi connectivity index (χ2n) is 6.22. The Morgan fingerprint density at radius 1 is 1.26 bits per heavy atom. The van der Waals surface area contributed by atoms with E-state index in [0.717, 1.165) is 43.0 Å². The molecule has 0 aliphatic carbocycles. The van der Waals surface area contributed by atoms with Crippen LogP contribution in [0.1, 0.15) is 35.7 Å². The Balaban J connectivity index is 1.58. The molecular formula is C17H23N5O. The molecule has 3 heterocycles. The fraction of sp³-hybridized carbons (Fsp3) is 0.471. The molecular weight excluding hydrogens is 290 g/mol. The van der Waals surface area contributed by atoms with Gasteiger partial charge in [0, 0.05) is 32.0 Å². The van der Waals surface area contributed by atoms with Gasteiger partial charge in [0.15, 0.2) is 0 Å². The number of likely N-dealkylation sites (tertiary alicyclic amines) is 1. The average Bonchev–Trinajstić information content (AvgIpc) is 2.97. The van der Waals surface area contributed by atoms with Crippen molar-refractivity contribution in [3.63, 3.8) is 0 Å². The Labute approximate surface area is 136 Å². The summed E-state index contributed by atoms with van der Waals surface area (Å²) in [6.07, 6.45) is 5.96. The lowest BCUT2D eigenvalue weighted by Gasteiger charge is -2.31. The topological polar surface area (TPSA) is 63.1 Å². The summed E-state index contributed by atoms with van der Waals surface area (Å²) in [4.78, 5) is 18.7. The van der Waals surface area contributed by atoms with Crippen LogP contribution in [0, 0.1) is 13.8 Å². The first-order valence-electron chi connectivity index (χ1n) is 8.01. The number of nitrogens with zero attached hydrogens (tertiary/aromatic N) is 4. The van der Waals surface area contributed by atoms with Gasteiger partial charge in [0.05, 0.1) is 17.6 Å². The number of carbonyl (C=O) groups is 1. The van der Waals surface area contributed by atoms with Crippen LogP contribution in [0.2, 0.25) is 0 Å². The summed E-state index contributed by atoms with van der Waals surface area (Å²) < 4.78 is 1.83. The molecule has 3 rings (SSSR count). The van der Waals surface area contributed by atoms with E-state index < -0.39 is 0 Å². The molecule has 1 aliphatic heterocycles. The van der Waals surface area contributed by atoms with Gasteiger partial charge >= 0.3 is 6.03 Å². The molecule has 0 spiro atoms. The Morgan fingerprint density at radius 2 is 2.00 bits per heavy atom. The maximum absolute atomic E-state index is 12.4. The van der Waals surface area contributed by atoms with Crippen molar-refractivity contribution in [2.24, 2.45) is 7.05 Å². The van der Waals surface area contributed by atoms with Crippen LogP contribution in [-0.4, -0.2) is 38.8 Å². The lowest BCUT2D eigenvalue weighted by atomic mass is 9.92. The predicted molar refractivity (Wildman–Crippen MR) is 89.5 cm³/mol. The molecule has 6 nitrogen and oxygen atoms in total. The van der Waals surface area contributed by atoms with Crippen molar-refractivity contribution >= 4 is 11.7 Å². The van der Waals surface area contributed by atoms with Gasteiger partial charge in [0.25, 0.3) is 0 Å². The fourth-order valence-electron chi connectivity index (χ4n) is 3.08. The molecule has 122 valence electrons. The van der Waals surface area contributed by atoms with Gasteiger partial charge in [-0.2, -0.15) is 5.10 Å². The number of aryl methyl sites for hydroxylation is 3. The zero-order chi connectivity index (χ0) is 16.4. The molecule has 2 amide bonds. The van der Waals surface area contributed by atoms with Gasteiger partial charge < -0.3 is 10.2 Å². The Hall–Kier alpha value is -2.37. The summed E-state index contributed by atoms with van der Waals surface area (Å²) >= 11 is 0. The first-order valence-corrected chi connectivity index (χ1v) is 8.01. The van der Waals surface area contributed by atoms with Gasteiger partial charge in [0.2, 0.25) is 0 Å². The number of hydrogen-bond acceptors (Lipinski definition) is 3. The first-order chi connectivity index (χ1) is 11.0. The van der Waals surface area contributed by atoms with Crippen LogP contribution in [0.4, 0.5) is 10.5 Å². The minimum absolute atomic E-state index is 0.0385. The highest BCUT2D eigenvalue weighted by Gasteiger charge is 2.24. The van der Waals surface area contributed by atoms with E-state index in [1.165, 1.54) is 5.56 Å². The summed E-state index contributed by atoms with van der Waals surface area (Å²) in [5.41, 5.74) is 3.86. The number of hydrogen-bond donors (Lipinski definition) is 1. The second kappa shape index (κ2) is 6.40. The number of rotatable bonds is 2. The van der Waals surface area contributed by atoms with Crippen molar-refractivity contribution in [3.05, 3.63) is 41.5 Å². The average molecular weight is 313 g/mol. The van der Waals surface area contributed by atoms with E-state index in [2.05, 4.69) is 21.6 Å². The largest absolute Gasteiger partial charge is 0.324 e. The van der Waals surface area contributed by atoms with Crippen LogP contribution in [0.15, 0.2) is 24.5 Å². The standard InChI is InChI=1S/C17H23N5O/c1-12-4-5-16(13(2)19-12)20-17(23)22-8-6-14(7-9-22)15-10-18-21(3)11-15/h4-5,10-11,14H,6-9H2,1-3H3,(H,20,23). The van der Waals surface area contributed by atoms with Crippen LogP contribution in [0.3, 0.4) is 0 Å². The SMILES string of the molecule is Cc1ccc(NC(=O)N2CCC(c3cnn(C)c3)CC2)c(C)n1. The lowest BCUT2D eigenvalue weighted by Crippen LogP contribution is -2.40. The smallest absolute Gasteiger partial charge is 0.321 e. The predicted octanol–water partition coefficient (Wildman–Crippen LogP) is 2.84. The summed E-state index contributed by atoms with van der Waals surface area (Å²) in [5.74, 6) is 0.496. The molecule has 0 saturated carbocycles. The molecule has 0 bridgehead atoms. The number of nitrogens with one attached hydrogen (secondary N) is 1. The van der Waals surface area contributed by atoms with E-state index in [4.69, 9.17) is 0 Å². The van der Waals surface area contributed by atoms with Gasteiger partial charge in [-0.05, 0) is 50.3 Å². The molecule has 2 aromatic heterocycles. The number of aromatic nitrogens is 3. The number of urea groups is 1. The molecule has 0 aromatic carbocycles. The van der Waals surface area contributed by atoms with Crippen LogP contribution < -0.4 is 5.32 Å². The van der Waals surface area contributed by atoms with Gasteiger partial charge in [0.1, 0.15) is 0 Å². The molecule has 1 fully saturated rings. The molecule has 1 saturated heterocycles. The van der Waals surface area contributed by atoms with Crippen molar-refractivity contribution in [2.75, 3.05) is 18.4 Å². The Kier molecular flexibility index (Phi) is 4.32. The van der Waals surface area contributed by atoms with E-state index in [1.54, 1.807) is 0 Å². The fourth-order valence-corrected chi connectivity index (χ4v) is 3.08. The number of carbonyl (C=O) groups excluding carboxylic acids is 1. The third-order valence-electron chi connectivity index (χ3n) is 4.45. The van der Waals surface area contributed by atoms with Crippen LogP contribution >= 0.6 is 0 Å². The van der Waals surface area contributed by atoms with E-state index in [-0.39, 0.29) is 6.03 Å². The number of amides is 2. The van der Waals surface area contributed by atoms with Crippen LogP contribution in [-0.2, 0) is 7.05 Å². The highest BCUT2D eigenvalue weighted by atomic mass is 16.2. The third kappa shape index (κ3) is 3.52. The maximum atomic E-state index is 12.4. The van der Waals surface area contributed by atoms with Crippen molar-refractivity contribution in [1.29, 1.82) is 0 Å². The molecule has 0 radical (unpaired) electrons. The molecule has 1 aliphatic rings. The number of pyridine rings is 1. The molecule has 0 unspecified atom stereocenters. The van der Waals surface area contributed by atoms with Crippen molar-refractivity contribution in [1.82, 2.24) is 19.7 Å². The zero-order valence-corrected chi connectivity index (χ0v) is 13.9. The Morgan fingerprint density at radius 3 is 2.61 bits per heavy atom. The number of anilines is 1. The van der Waals surface area contributed by atoms with Crippen molar-refractivity contribution in [2.45, 2.75) is 32.6 Å². The van der Waals surface area contributed by atoms with Crippen molar-refractivity contribution < 1.29 is 4.79 Å². The summed E-state index contributed by atoms with van der Waals surface area (Å²) in [5, 5.41) is 7.21. The minimum Gasteiger partial charge on any atom is -0.324 e. The normalized spacial score (nSPS) is 15.7. The first kappa shape index (κ1) is 15.5. The lowest BCUT2D eigenvalue weighted by molar-refractivity contribution is 0.194. The van der Waals surface area contributed by atoms with E-state index >= 15 is 0 Å². The monoisotopic (exact) mass is 313 g/mol. The highest BCUT2D eigenvalue weighted by Crippen LogP contribution is 2.27. The Bertz CT molecular complexity index is 701. The van der Waals surface area contributed by atoms with Crippen LogP contribution in [0.25, 0.3) is 0 Å². The second-order valence-corrected chi connectivity index (χ2v) is 6.22. The minimum atomic E-state index is -0.0385. The van der Waals surface area contributed by atoms with Gasteiger partial charge in [-0.3, -0.25) is 9.67 Å². The molecule has 6 heteroatoms. The van der Waals surface area contributed by atoms with Crippen LogP contribution in [0.5, 0.6) is 0 Å². The highest BCUT2D eigenvalue weighted by molar-refractivity contribution is 5.89. The summed E-state index contributed by atoms with van der Waals surface area (Å²) in [6.45, 7) is 5.40.